The molecule has 0 saturated heterocycles. The number of hydrogen-bond donors (Lipinski definition) is 2. The minimum atomic E-state index is -0.142. The predicted octanol–water partition coefficient (Wildman–Crippen LogP) is 5.22. The molecule has 0 radical (unpaired) electrons. The normalized spacial score (nSPS) is 11.2. The average Bonchev–Trinajstić information content (AvgIpc) is 2.74. The van der Waals surface area contributed by atoms with Crippen molar-refractivity contribution in [3.63, 3.8) is 0 Å². The summed E-state index contributed by atoms with van der Waals surface area (Å²) in [6, 6.07) is 8.27. The molecule has 0 amide bonds. The number of phenols is 2. The molecule has 0 saturated carbocycles. The van der Waals surface area contributed by atoms with Gasteiger partial charge in [-0.25, -0.2) is 0 Å². The van der Waals surface area contributed by atoms with Crippen LogP contribution in [0.1, 0.15) is 0 Å². The van der Waals surface area contributed by atoms with Crippen LogP contribution in [0.5, 0.6) is 11.5 Å². The highest BCUT2D eigenvalue weighted by atomic mass is 35.5. The van der Waals surface area contributed by atoms with Gasteiger partial charge in [-0.2, -0.15) is 0 Å². The number of benzene rings is 2. The molecule has 2 N–H and O–H groups in total. The van der Waals surface area contributed by atoms with Gasteiger partial charge >= 0.3 is 0 Å². The van der Waals surface area contributed by atoms with Crippen molar-refractivity contribution in [1.82, 2.24) is 4.57 Å². The Kier molecular flexibility index (Phi) is 3.44. The van der Waals surface area contributed by atoms with Crippen LogP contribution >= 0.6 is 34.8 Å². The molecule has 0 fully saturated rings. The zero-order valence-electron chi connectivity index (χ0n) is 10.9. The van der Waals surface area contributed by atoms with Crippen LogP contribution in [0.25, 0.3) is 22.2 Å². The maximum atomic E-state index is 9.67. The van der Waals surface area contributed by atoms with E-state index in [1.807, 2.05) is 17.7 Å². The summed E-state index contributed by atoms with van der Waals surface area (Å²) in [4.78, 5) is 0. The van der Waals surface area contributed by atoms with E-state index in [1.165, 1.54) is 6.07 Å². The van der Waals surface area contributed by atoms with Crippen LogP contribution in [0.15, 0.2) is 30.3 Å². The fourth-order valence-electron chi connectivity index (χ4n) is 2.36. The van der Waals surface area contributed by atoms with E-state index in [1.54, 1.807) is 18.2 Å². The average molecular weight is 343 g/mol. The third-order valence-corrected chi connectivity index (χ3v) is 4.30. The van der Waals surface area contributed by atoms with Gasteiger partial charge in [0.1, 0.15) is 5.75 Å². The first-order valence-corrected chi connectivity index (χ1v) is 7.18. The largest absolute Gasteiger partial charge is 0.508 e. The zero-order valence-corrected chi connectivity index (χ0v) is 13.1. The number of halogens is 3. The van der Waals surface area contributed by atoms with Crippen LogP contribution in [0.2, 0.25) is 15.1 Å². The lowest BCUT2D eigenvalue weighted by Crippen LogP contribution is -1.91. The Bertz CT molecular complexity index is 848. The minimum Gasteiger partial charge on any atom is -0.508 e. The minimum absolute atomic E-state index is 0.0991. The Labute approximate surface area is 135 Å². The summed E-state index contributed by atoms with van der Waals surface area (Å²) >= 11 is 18.1. The van der Waals surface area contributed by atoms with E-state index < -0.39 is 0 Å². The molecule has 0 bridgehead atoms. The molecule has 3 nitrogen and oxygen atoms in total. The van der Waals surface area contributed by atoms with E-state index in [-0.39, 0.29) is 21.5 Å². The summed E-state index contributed by atoms with van der Waals surface area (Å²) in [6.07, 6.45) is 0. The van der Waals surface area contributed by atoms with Crippen molar-refractivity contribution in [2.24, 2.45) is 7.05 Å². The Balaban J connectivity index is 2.31. The highest BCUT2D eigenvalue weighted by Crippen LogP contribution is 2.39. The highest BCUT2D eigenvalue weighted by molar-refractivity contribution is 6.37. The monoisotopic (exact) mass is 341 g/mol. The van der Waals surface area contributed by atoms with Crippen LogP contribution in [-0.2, 0) is 7.05 Å². The van der Waals surface area contributed by atoms with Gasteiger partial charge in [0.2, 0.25) is 0 Å². The van der Waals surface area contributed by atoms with Crippen molar-refractivity contribution >= 4 is 45.7 Å². The fourth-order valence-corrected chi connectivity index (χ4v) is 3.11. The van der Waals surface area contributed by atoms with Crippen molar-refractivity contribution in [3.05, 3.63) is 45.4 Å². The van der Waals surface area contributed by atoms with Crippen LogP contribution in [-0.4, -0.2) is 14.8 Å². The number of nitrogens with zero attached hydrogens (tertiary/aromatic N) is 1. The predicted molar refractivity (Wildman–Crippen MR) is 86.7 cm³/mol. The Hall–Kier alpha value is -1.55. The lowest BCUT2D eigenvalue weighted by Gasteiger charge is -2.07. The SMILES string of the molecule is Cn1c(-c2cc(Cl)c(O)c(Cl)c2)cc2c(Cl)cc(O)cc21. The summed E-state index contributed by atoms with van der Waals surface area (Å²) in [5.74, 6) is -0.0430. The first-order chi connectivity index (χ1) is 9.88. The molecule has 1 aromatic heterocycles. The quantitative estimate of drug-likeness (QED) is 0.637. The number of hydrogen-bond acceptors (Lipinski definition) is 2. The van der Waals surface area contributed by atoms with Gasteiger partial charge < -0.3 is 14.8 Å². The van der Waals surface area contributed by atoms with Crippen molar-refractivity contribution in [3.8, 4) is 22.8 Å². The number of phenolic OH excluding ortho intramolecular Hbond substituents is 2. The number of aryl methyl sites for hydroxylation is 1. The van der Waals surface area contributed by atoms with E-state index in [0.29, 0.717) is 5.02 Å². The molecular weight excluding hydrogens is 333 g/mol. The molecule has 0 spiro atoms. The molecule has 108 valence electrons. The van der Waals surface area contributed by atoms with Gasteiger partial charge in [-0.15, -0.1) is 0 Å². The Morgan fingerprint density at radius 1 is 0.857 bits per heavy atom. The standard InChI is InChI=1S/C15H10Cl3NO2/c1-19-13(7-2-11(17)15(21)12(18)3-7)6-9-10(16)4-8(20)5-14(9)19/h2-6,20-21H,1H3. The van der Waals surface area contributed by atoms with Gasteiger partial charge in [-0.1, -0.05) is 34.8 Å². The topological polar surface area (TPSA) is 45.4 Å². The fraction of sp³-hybridized carbons (Fsp3) is 0.0667. The summed E-state index contributed by atoms with van der Waals surface area (Å²) in [5.41, 5.74) is 2.36. The second-order valence-corrected chi connectivity index (χ2v) is 5.96. The molecule has 21 heavy (non-hydrogen) atoms. The van der Waals surface area contributed by atoms with Gasteiger partial charge in [-0.3, -0.25) is 0 Å². The van der Waals surface area contributed by atoms with Crippen molar-refractivity contribution < 1.29 is 10.2 Å². The van der Waals surface area contributed by atoms with Gasteiger partial charge in [0.15, 0.2) is 5.75 Å². The van der Waals surface area contributed by atoms with E-state index in [0.717, 1.165) is 22.2 Å². The van der Waals surface area contributed by atoms with Crippen molar-refractivity contribution in [1.29, 1.82) is 0 Å². The maximum absolute atomic E-state index is 9.67. The number of rotatable bonds is 1. The summed E-state index contributed by atoms with van der Waals surface area (Å²) in [5, 5.41) is 20.9. The Morgan fingerprint density at radius 3 is 2.10 bits per heavy atom. The third kappa shape index (κ3) is 2.31. The molecule has 0 aliphatic rings. The lowest BCUT2D eigenvalue weighted by molar-refractivity contribution is 0.475. The summed E-state index contributed by atoms with van der Waals surface area (Å²) in [6.45, 7) is 0. The van der Waals surface area contributed by atoms with Crippen LogP contribution in [0.3, 0.4) is 0 Å². The van der Waals surface area contributed by atoms with Crippen LogP contribution in [0, 0.1) is 0 Å². The second-order valence-electron chi connectivity index (χ2n) is 4.74. The molecular formula is C15H10Cl3NO2. The summed E-state index contributed by atoms with van der Waals surface area (Å²) < 4.78 is 1.87. The van der Waals surface area contributed by atoms with Crippen LogP contribution in [0.4, 0.5) is 0 Å². The first kappa shape index (κ1) is 14.4. The number of fused-ring (bicyclic) bond motifs is 1. The van der Waals surface area contributed by atoms with Crippen LogP contribution < -0.4 is 0 Å². The molecule has 1 heterocycles. The van der Waals surface area contributed by atoms with Gasteiger partial charge in [0.05, 0.1) is 20.6 Å². The third-order valence-electron chi connectivity index (χ3n) is 3.41. The molecule has 0 atom stereocenters. The first-order valence-electron chi connectivity index (χ1n) is 6.05. The van der Waals surface area contributed by atoms with Crippen molar-refractivity contribution in [2.75, 3.05) is 0 Å². The second kappa shape index (κ2) is 5.02. The zero-order chi connectivity index (χ0) is 15.3. The molecule has 3 aromatic rings. The van der Waals surface area contributed by atoms with Gasteiger partial charge in [0, 0.05) is 29.8 Å². The van der Waals surface area contributed by atoms with E-state index in [4.69, 9.17) is 34.8 Å². The molecule has 2 aromatic carbocycles. The molecule has 3 rings (SSSR count). The Morgan fingerprint density at radius 2 is 1.48 bits per heavy atom. The summed E-state index contributed by atoms with van der Waals surface area (Å²) in [7, 11) is 1.85. The lowest BCUT2D eigenvalue weighted by atomic mass is 10.1. The molecule has 0 aliphatic carbocycles. The number of aromatic hydroxyl groups is 2. The number of aromatic nitrogens is 1. The van der Waals surface area contributed by atoms with E-state index in [2.05, 4.69) is 0 Å². The molecule has 0 aliphatic heterocycles. The maximum Gasteiger partial charge on any atom is 0.152 e. The van der Waals surface area contributed by atoms with E-state index >= 15 is 0 Å². The highest BCUT2D eigenvalue weighted by Gasteiger charge is 2.14. The van der Waals surface area contributed by atoms with Gasteiger partial charge in [0.25, 0.3) is 0 Å². The van der Waals surface area contributed by atoms with E-state index in [9.17, 15) is 10.2 Å². The smallest absolute Gasteiger partial charge is 0.152 e. The molecule has 6 heteroatoms. The van der Waals surface area contributed by atoms with Crippen molar-refractivity contribution in [2.45, 2.75) is 0 Å². The molecule has 0 unspecified atom stereocenters. The van der Waals surface area contributed by atoms with Gasteiger partial charge in [-0.05, 0) is 24.3 Å².